The van der Waals surface area contributed by atoms with Crippen LogP contribution in [-0.2, 0) is 4.74 Å². The summed E-state index contributed by atoms with van der Waals surface area (Å²) in [5.41, 5.74) is 2.37. The predicted octanol–water partition coefficient (Wildman–Crippen LogP) is 4.42. The number of methoxy groups -OCH3 is 1. The van der Waals surface area contributed by atoms with Gasteiger partial charge in [0.2, 0.25) is 5.88 Å². The van der Waals surface area contributed by atoms with Crippen LogP contribution in [0.3, 0.4) is 0 Å². The van der Waals surface area contributed by atoms with E-state index in [1.165, 1.54) is 44.5 Å². The van der Waals surface area contributed by atoms with Crippen LogP contribution in [0.15, 0.2) is 48.9 Å². The standard InChI is InChI=1S/C24H26FN5O3S/c1-3-33-23-13-26-12-21(28-23)15-4-7-18(19(25)10-15)24(31)29-22(14-32-2)20-11-16(8-9-27-20)30-34-17-5-6-17/h4,7-13,17,22H,3,5-6,14H2,1-2H3,(H,27,30)(H,29,31). The first-order valence-corrected chi connectivity index (χ1v) is 11.9. The second kappa shape index (κ2) is 11.3. The molecule has 0 bridgehead atoms. The van der Waals surface area contributed by atoms with E-state index in [4.69, 9.17) is 9.47 Å². The fourth-order valence-electron chi connectivity index (χ4n) is 3.21. The quantitative estimate of drug-likeness (QED) is 0.387. The fraction of sp³-hybridized carbons (Fsp3) is 0.333. The summed E-state index contributed by atoms with van der Waals surface area (Å²) in [6.07, 6.45) is 7.11. The lowest BCUT2D eigenvalue weighted by molar-refractivity contribution is 0.0890. The molecule has 0 spiro atoms. The molecule has 10 heteroatoms. The number of aromatic nitrogens is 3. The molecular formula is C24H26FN5O3S. The van der Waals surface area contributed by atoms with Gasteiger partial charge in [-0.25, -0.2) is 9.37 Å². The Bertz CT molecular complexity index is 1150. The summed E-state index contributed by atoms with van der Waals surface area (Å²) in [4.78, 5) is 25.7. The molecule has 178 valence electrons. The predicted molar refractivity (Wildman–Crippen MR) is 129 cm³/mol. The van der Waals surface area contributed by atoms with E-state index < -0.39 is 17.8 Å². The highest BCUT2D eigenvalue weighted by atomic mass is 32.2. The number of rotatable bonds is 11. The van der Waals surface area contributed by atoms with E-state index in [9.17, 15) is 9.18 Å². The number of carbonyl (C=O) groups is 1. The number of nitrogens with one attached hydrogen (secondary N) is 2. The number of ether oxygens (including phenoxy) is 2. The van der Waals surface area contributed by atoms with Gasteiger partial charge < -0.3 is 19.5 Å². The van der Waals surface area contributed by atoms with Crippen LogP contribution in [0.1, 0.15) is 41.9 Å². The number of benzene rings is 1. The zero-order valence-corrected chi connectivity index (χ0v) is 19.8. The molecule has 1 fully saturated rings. The highest BCUT2D eigenvalue weighted by Gasteiger charge is 2.23. The molecule has 1 saturated carbocycles. The van der Waals surface area contributed by atoms with Gasteiger partial charge >= 0.3 is 0 Å². The van der Waals surface area contributed by atoms with Crippen LogP contribution in [0.25, 0.3) is 11.3 Å². The van der Waals surface area contributed by atoms with Gasteiger partial charge in [-0.1, -0.05) is 6.07 Å². The fourth-order valence-corrected chi connectivity index (χ4v) is 4.01. The zero-order chi connectivity index (χ0) is 23.9. The summed E-state index contributed by atoms with van der Waals surface area (Å²) in [6.45, 7) is 2.48. The number of hydrogen-bond donors (Lipinski definition) is 2. The molecule has 0 aliphatic heterocycles. The molecule has 0 saturated heterocycles. The molecule has 1 atom stereocenters. The van der Waals surface area contributed by atoms with Crippen LogP contribution in [0.5, 0.6) is 5.88 Å². The largest absolute Gasteiger partial charge is 0.477 e. The average Bonchev–Trinajstić information content (AvgIpc) is 3.67. The van der Waals surface area contributed by atoms with Crippen LogP contribution in [0.4, 0.5) is 10.1 Å². The van der Waals surface area contributed by atoms with Crippen molar-refractivity contribution in [2.75, 3.05) is 25.0 Å². The van der Waals surface area contributed by atoms with Crippen molar-refractivity contribution < 1.29 is 18.7 Å². The lowest BCUT2D eigenvalue weighted by atomic mass is 10.1. The van der Waals surface area contributed by atoms with E-state index >= 15 is 0 Å². The van der Waals surface area contributed by atoms with Crippen molar-refractivity contribution in [2.45, 2.75) is 31.1 Å². The minimum absolute atomic E-state index is 0.0858. The molecule has 2 heterocycles. The second-order valence-electron chi connectivity index (χ2n) is 7.74. The third-order valence-corrected chi connectivity index (χ3v) is 6.22. The van der Waals surface area contributed by atoms with Crippen LogP contribution in [0, 0.1) is 5.82 Å². The third kappa shape index (κ3) is 6.21. The van der Waals surface area contributed by atoms with Gasteiger partial charge in [0.05, 0.1) is 48.6 Å². The van der Waals surface area contributed by atoms with Gasteiger partial charge in [-0.15, -0.1) is 0 Å². The van der Waals surface area contributed by atoms with Crippen molar-refractivity contribution in [1.82, 2.24) is 20.3 Å². The van der Waals surface area contributed by atoms with Crippen molar-refractivity contribution in [1.29, 1.82) is 0 Å². The summed E-state index contributed by atoms with van der Waals surface area (Å²) >= 11 is 1.68. The van der Waals surface area contributed by atoms with Crippen LogP contribution >= 0.6 is 11.9 Å². The Hall–Kier alpha value is -3.24. The van der Waals surface area contributed by atoms with Crippen molar-refractivity contribution in [3.05, 3.63) is 66.0 Å². The Labute approximate surface area is 201 Å². The number of nitrogens with zero attached hydrogens (tertiary/aromatic N) is 3. The topological polar surface area (TPSA) is 98.3 Å². The van der Waals surface area contributed by atoms with Gasteiger partial charge in [-0.2, -0.15) is 0 Å². The van der Waals surface area contributed by atoms with E-state index in [1.807, 2.05) is 19.1 Å². The Morgan fingerprint density at radius 3 is 2.85 bits per heavy atom. The molecule has 1 aliphatic rings. The second-order valence-corrected chi connectivity index (χ2v) is 8.85. The zero-order valence-electron chi connectivity index (χ0n) is 19.0. The van der Waals surface area contributed by atoms with E-state index in [0.717, 1.165) is 5.69 Å². The molecule has 2 N–H and O–H groups in total. The lowest BCUT2D eigenvalue weighted by Gasteiger charge is -2.19. The maximum Gasteiger partial charge on any atom is 0.254 e. The van der Waals surface area contributed by atoms with Gasteiger partial charge in [0.15, 0.2) is 0 Å². The monoisotopic (exact) mass is 483 g/mol. The van der Waals surface area contributed by atoms with E-state index in [2.05, 4.69) is 25.0 Å². The summed E-state index contributed by atoms with van der Waals surface area (Å²) in [6, 6.07) is 7.50. The molecule has 4 rings (SSSR count). The van der Waals surface area contributed by atoms with Gasteiger partial charge in [0.25, 0.3) is 5.91 Å². The SMILES string of the molecule is CCOc1cncc(-c2ccc(C(=O)NC(COC)c3cc(NSC4CC4)ccn3)c(F)c2)n1. The normalized spacial score (nSPS) is 13.9. The smallest absolute Gasteiger partial charge is 0.254 e. The minimum Gasteiger partial charge on any atom is -0.477 e. The molecule has 3 aromatic rings. The van der Waals surface area contributed by atoms with Crippen LogP contribution < -0.4 is 14.8 Å². The maximum atomic E-state index is 14.9. The van der Waals surface area contributed by atoms with Crippen LogP contribution in [0.2, 0.25) is 0 Å². The van der Waals surface area contributed by atoms with Gasteiger partial charge in [-0.3, -0.25) is 14.8 Å². The van der Waals surface area contributed by atoms with Crippen molar-refractivity contribution in [2.24, 2.45) is 0 Å². The molecule has 1 aliphatic carbocycles. The highest BCUT2D eigenvalue weighted by molar-refractivity contribution is 8.01. The van der Waals surface area contributed by atoms with E-state index in [1.54, 1.807) is 24.2 Å². The summed E-state index contributed by atoms with van der Waals surface area (Å²) in [5, 5.41) is 3.48. The minimum atomic E-state index is -0.668. The first-order valence-electron chi connectivity index (χ1n) is 11.0. The summed E-state index contributed by atoms with van der Waals surface area (Å²) in [7, 11) is 1.54. The molecule has 1 amide bonds. The van der Waals surface area contributed by atoms with Crippen molar-refractivity contribution in [3.63, 3.8) is 0 Å². The Kier molecular flexibility index (Phi) is 7.91. The highest BCUT2D eigenvalue weighted by Crippen LogP contribution is 2.34. The Balaban J connectivity index is 1.48. The maximum absolute atomic E-state index is 14.9. The number of hydrogen-bond acceptors (Lipinski definition) is 8. The van der Waals surface area contributed by atoms with Gasteiger partial charge in [0.1, 0.15) is 5.82 Å². The molecular weight excluding hydrogens is 457 g/mol. The number of pyridine rings is 1. The number of halogens is 1. The number of carbonyl (C=O) groups excluding carboxylic acids is 1. The summed E-state index contributed by atoms with van der Waals surface area (Å²) < 4.78 is 28.9. The lowest BCUT2D eigenvalue weighted by Crippen LogP contribution is -2.32. The van der Waals surface area contributed by atoms with Gasteiger partial charge in [-0.05, 0) is 56.0 Å². The molecule has 8 nitrogen and oxygen atoms in total. The number of amides is 1. The first kappa shape index (κ1) is 23.9. The van der Waals surface area contributed by atoms with E-state index in [0.29, 0.717) is 34.7 Å². The number of anilines is 1. The molecule has 1 aromatic carbocycles. The Morgan fingerprint density at radius 2 is 2.12 bits per heavy atom. The molecule has 1 unspecified atom stereocenters. The molecule has 34 heavy (non-hydrogen) atoms. The average molecular weight is 484 g/mol. The van der Waals surface area contributed by atoms with Gasteiger partial charge in [0, 0.05) is 29.8 Å². The van der Waals surface area contributed by atoms with Crippen molar-refractivity contribution >= 4 is 23.5 Å². The molecule has 2 aromatic heterocycles. The van der Waals surface area contributed by atoms with Crippen molar-refractivity contribution in [3.8, 4) is 17.1 Å². The Morgan fingerprint density at radius 1 is 1.26 bits per heavy atom. The molecule has 0 radical (unpaired) electrons. The van der Waals surface area contributed by atoms with Crippen LogP contribution in [-0.4, -0.2) is 46.4 Å². The third-order valence-electron chi connectivity index (χ3n) is 5.06. The first-order chi connectivity index (χ1) is 16.6. The van der Waals surface area contributed by atoms with E-state index in [-0.39, 0.29) is 12.2 Å². The summed E-state index contributed by atoms with van der Waals surface area (Å²) in [5.74, 6) is -0.879.